The molecule has 9 heteroatoms. The SMILES string of the molecule is O=C(Nc1cccc(Cl)c1)N1CCCN(C(=O)c2csc(-c3ccsc3)n2)CC1. The highest BCUT2D eigenvalue weighted by Gasteiger charge is 2.24. The van der Waals surface area contributed by atoms with E-state index in [9.17, 15) is 9.59 Å². The minimum Gasteiger partial charge on any atom is -0.335 e. The van der Waals surface area contributed by atoms with Crippen LogP contribution in [0.25, 0.3) is 10.6 Å². The van der Waals surface area contributed by atoms with E-state index in [-0.39, 0.29) is 11.9 Å². The van der Waals surface area contributed by atoms with Gasteiger partial charge in [-0.05, 0) is 36.1 Å². The molecular weight excluding hydrogens is 428 g/mol. The largest absolute Gasteiger partial charge is 0.335 e. The van der Waals surface area contributed by atoms with Gasteiger partial charge in [0.1, 0.15) is 10.7 Å². The topological polar surface area (TPSA) is 65.5 Å². The number of carbonyl (C=O) groups is 2. The number of urea groups is 1. The van der Waals surface area contributed by atoms with Crippen molar-refractivity contribution in [2.75, 3.05) is 31.5 Å². The van der Waals surface area contributed by atoms with E-state index in [2.05, 4.69) is 10.3 Å². The Morgan fingerprint density at radius 1 is 1.07 bits per heavy atom. The van der Waals surface area contributed by atoms with Gasteiger partial charge in [-0.2, -0.15) is 11.3 Å². The van der Waals surface area contributed by atoms with Crippen molar-refractivity contribution in [1.29, 1.82) is 0 Å². The number of thiophene rings is 1. The number of amides is 3. The monoisotopic (exact) mass is 446 g/mol. The highest BCUT2D eigenvalue weighted by Crippen LogP contribution is 2.26. The van der Waals surface area contributed by atoms with Crippen molar-refractivity contribution >= 4 is 51.9 Å². The number of aromatic nitrogens is 1. The molecule has 0 radical (unpaired) electrons. The Labute approximate surface area is 181 Å². The molecule has 1 aliphatic rings. The van der Waals surface area contributed by atoms with Gasteiger partial charge in [-0.3, -0.25) is 4.79 Å². The fraction of sp³-hybridized carbons (Fsp3) is 0.250. The minimum atomic E-state index is -0.185. The number of hydrogen-bond acceptors (Lipinski definition) is 5. The molecule has 0 unspecified atom stereocenters. The molecular formula is C20H19ClN4O2S2. The summed E-state index contributed by atoms with van der Waals surface area (Å²) >= 11 is 9.06. The fourth-order valence-electron chi connectivity index (χ4n) is 3.15. The second-order valence-electron chi connectivity index (χ2n) is 6.62. The van der Waals surface area contributed by atoms with E-state index in [0.717, 1.165) is 17.0 Å². The first-order chi connectivity index (χ1) is 14.1. The Morgan fingerprint density at radius 3 is 2.69 bits per heavy atom. The Hall–Kier alpha value is -2.42. The average Bonchev–Trinajstić information content (AvgIpc) is 3.35. The van der Waals surface area contributed by atoms with Crippen LogP contribution in [-0.2, 0) is 0 Å². The third kappa shape index (κ3) is 4.77. The Balaban J connectivity index is 1.37. The van der Waals surface area contributed by atoms with E-state index >= 15 is 0 Å². The molecule has 3 aromatic rings. The molecule has 3 amide bonds. The highest BCUT2D eigenvalue weighted by atomic mass is 35.5. The van der Waals surface area contributed by atoms with Gasteiger partial charge in [0.25, 0.3) is 5.91 Å². The Morgan fingerprint density at radius 2 is 1.90 bits per heavy atom. The normalized spacial score (nSPS) is 14.5. The van der Waals surface area contributed by atoms with Crippen LogP contribution in [-0.4, -0.2) is 52.9 Å². The zero-order valence-corrected chi connectivity index (χ0v) is 17.9. The number of nitrogens with one attached hydrogen (secondary N) is 1. The summed E-state index contributed by atoms with van der Waals surface area (Å²) in [6.07, 6.45) is 0.718. The molecule has 0 spiro atoms. The Bertz CT molecular complexity index is 1010. The molecule has 0 saturated carbocycles. The molecule has 6 nitrogen and oxygen atoms in total. The van der Waals surface area contributed by atoms with Crippen LogP contribution in [0, 0.1) is 0 Å². The summed E-state index contributed by atoms with van der Waals surface area (Å²) in [5.41, 5.74) is 2.16. The van der Waals surface area contributed by atoms with Gasteiger partial charge < -0.3 is 15.1 Å². The van der Waals surface area contributed by atoms with Crippen LogP contribution in [0.1, 0.15) is 16.9 Å². The number of rotatable bonds is 3. The zero-order valence-electron chi connectivity index (χ0n) is 15.5. The van der Waals surface area contributed by atoms with Gasteiger partial charge in [0.15, 0.2) is 0 Å². The van der Waals surface area contributed by atoms with Gasteiger partial charge in [0.2, 0.25) is 0 Å². The lowest BCUT2D eigenvalue weighted by Crippen LogP contribution is -2.39. The van der Waals surface area contributed by atoms with E-state index in [1.54, 1.807) is 45.4 Å². The number of benzene rings is 1. The third-order valence-corrected chi connectivity index (χ3v) is 6.45. The van der Waals surface area contributed by atoms with Gasteiger partial charge in [-0.25, -0.2) is 9.78 Å². The maximum absolute atomic E-state index is 12.9. The molecule has 2 aromatic heterocycles. The molecule has 29 heavy (non-hydrogen) atoms. The molecule has 4 rings (SSSR count). The van der Waals surface area contributed by atoms with Crippen molar-refractivity contribution in [1.82, 2.24) is 14.8 Å². The first-order valence-corrected chi connectivity index (χ1v) is 11.4. The molecule has 0 aliphatic carbocycles. The van der Waals surface area contributed by atoms with Crippen LogP contribution < -0.4 is 5.32 Å². The number of carbonyl (C=O) groups excluding carboxylic acids is 2. The summed E-state index contributed by atoms with van der Waals surface area (Å²) in [5.74, 6) is -0.0835. The minimum absolute atomic E-state index is 0.0835. The highest BCUT2D eigenvalue weighted by molar-refractivity contribution is 7.14. The molecule has 0 bridgehead atoms. The first kappa shape index (κ1) is 19.9. The smallest absolute Gasteiger partial charge is 0.321 e. The van der Waals surface area contributed by atoms with Crippen molar-refractivity contribution in [3.05, 3.63) is 57.2 Å². The predicted molar refractivity (Wildman–Crippen MR) is 118 cm³/mol. The van der Waals surface area contributed by atoms with Crippen molar-refractivity contribution < 1.29 is 9.59 Å². The summed E-state index contributed by atoms with van der Waals surface area (Å²) in [6, 6.07) is 8.87. The predicted octanol–water partition coefficient (Wildman–Crippen LogP) is 4.91. The second kappa shape index (κ2) is 8.94. The lowest BCUT2D eigenvalue weighted by molar-refractivity contribution is 0.0757. The van der Waals surface area contributed by atoms with Gasteiger partial charge in [0, 0.05) is 53.2 Å². The van der Waals surface area contributed by atoms with Crippen molar-refractivity contribution in [2.24, 2.45) is 0 Å². The van der Waals surface area contributed by atoms with Crippen LogP contribution in [0.15, 0.2) is 46.5 Å². The van der Waals surface area contributed by atoms with Gasteiger partial charge >= 0.3 is 6.03 Å². The lowest BCUT2D eigenvalue weighted by Gasteiger charge is -2.22. The molecule has 3 heterocycles. The molecule has 1 aromatic carbocycles. The van der Waals surface area contributed by atoms with Crippen molar-refractivity contribution in [3.63, 3.8) is 0 Å². The van der Waals surface area contributed by atoms with Crippen molar-refractivity contribution in [3.8, 4) is 10.6 Å². The number of hydrogen-bond donors (Lipinski definition) is 1. The van der Waals surface area contributed by atoms with Gasteiger partial charge in [-0.1, -0.05) is 17.7 Å². The second-order valence-corrected chi connectivity index (χ2v) is 8.70. The van der Waals surface area contributed by atoms with E-state index in [0.29, 0.717) is 42.6 Å². The van der Waals surface area contributed by atoms with E-state index in [1.807, 2.05) is 22.2 Å². The Kier molecular flexibility index (Phi) is 6.13. The first-order valence-electron chi connectivity index (χ1n) is 9.19. The average molecular weight is 447 g/mol. The van der Waals surface area contributed by atoms with Crippen LogP contribution in [0.5, 0.6) is 0 Å². The van der Waals surface area contributed by atoms with Crippen LogP contribution in [0.2, 0.25) is 5.02 Å². The van der Waals surface area contributed by atoms with Crippen molar-refractivity contribution in [2.45, 2.75) is 6.42 Å². The molecule has 0 atom stereocenters. The summed E-state index contributed by atoms with van der Waals surface area (Å²) in [4.78, 5) is 33.5. The number of halogens is 1. The summed E-state index contributed by atoms with van der Waals surface area (Å²) in [6.45, 7) is 2.14. The third-order valence-electron chi connectivity index (χ3n) is 4.64. The van der Waals surface area contributed by atoms with Crippen LogP contribution >= 0.6 is 34.3 Å². The number of thiazole rings is 1. The van der Waals surface area contributed by atoms with Crippen LogP contribution in [0.3, 0.4) is 0 Å². The van der Waals surface area contributed by atoms with E-state index in [4.69, 9.17) is 11.6 Å². The molecule has 1 N–H and O–H groups in total. The standard InChI is InChI=1S/C20H19ClN4O2S2/c21-15-3-1-4-16(11-15)22-20(27)25-7-2-6-24(8-9-25)19(26)17-13-29-18(23-17)14-5-10-28-12-14/h1,3-5,10-13H,2,6-9H2,(H,22,27). The maximum Gasteiger partial charge on any atom is 0.321 e. The van der Waals surface area contributed by atoms with E-state index in [1.165, 1.54) is 11.3 Å². The molecule has 150 valence electrons. The number of anilines is 1. The molecule has 1 fully saturated rings. The lowest BCUT2D eigenvalue weighted by atomic mass is 10.3. The van der Waals surface area contributed by atoms with Gasteiger partial charge in [0.05, 0.1) is 0 Å². The fourth-order valence-corrected chi connectivity index (χ4v) is 4.84. The summed E-state index contributed by atoms with van der Waals surface area (Å²) < 4.78 is 0. The van der Waals surface area contributed by atoms with Gasteiger partial charge in [-0.15, -0.1) is 11.3 Å². The summed E-state index contributed by atoms with van der Waals surface area (Å²) in [7, 11) is 0. The molecule has 1 saturated heterocycles. The van der Waals surface area contributed by atoms with E-state index < -0.39 is 0 Å². The number of nitrogens with zero attached hydrogens (tertiary/aromatic N) is 3. The maximum atomic E-state index is 12.9. The quantitative estimate of drug-likeness (QED) is 0.621. The van der Waals surface area contributed by atoms with Crippen LogP contribution in [0.4, 0.5) is 10.5 Å². The molecule has 1 aliphatic heterocycles. The summed E-state index contributed by atoms with van der Waals surface area (Å²) in [5, 5.41) is 10.1. The zero-order chi connectivity index (χ0) is 20.2.